The quantitative estimate of drug-likeness (QED) is 0.777. The first-order chi connectivity index (χ1) is 13.1. The van der Waals surface area contributed by atoms with Crippen LogP contribution in [-0.2, 0) is 22.5 Å². The molecule has 136 valence electrons. The summed E-state index contributed by atoms with van der Waals surface area (Å²) >= 11 is 0. The molecule has 1 atom stereocenters. The molecule has 1 saturated carbocycles. The van der Waals surface area contributed by atoms with Crippen LogP contribution < -0.4 is 0 Å². The van der Waals surface area contributed by atoms with E-state index in [2.05, 4.69) is 9.97 Å². The fourth-order valence-electron chi connectivity index (χ4n) is 3.68. The molecule has 1 aromatic carbocycles. The average Bonchev–Trinajstić information content (AvgIpc) is 3.52. The minimum absolute atomic E-state index is 0.255. The molecule has 7 heteroatoms. The highest BCUT2D eigenvalue weighted by Crippen LogP contribution is 2.38. The number of hydrogen-bond acceptors (Lipinski definition) is 6. The number of amides is 2. The van der Waals surface area contributed by atoms with E-state index in [4.69, 9.17) is 4.84 Å². The van der Waals surface area contributed by atoms with Crippen molar-refractivity contribution in [3.8, 4) is 0 Å². The van der Waals surface area contributed by atoms with Crippen LogP contribution in [0.5, 0.6) is 0 Å². The molecular formula is C20H17N3O4. The second-order valence-electron chi connectivity index (χ2n) is 7.27. The summed E-state index contributed by atoms with van der Waals surface area (Å²) in [5.41, 5.74) is 2.45. The lowest BCUT2D eigenvalue weighted by Gasteiger charge is -2.23. The van der Waals surface area contributed by atoms with Crippen molar-refractivity contribution in [1.82, 2.24) is 15.0 Å². The van der Waals surface area contributed by atoms with Crippen LogP contribution in [0.1, 0.15) is 63.0 Å². The van der Waals surface area contributed by atoms with Crippen LogP contribution in [0.25, 0.3) is 0 Å². The van der Waals surface area contributed by atoms with Gasteiger partial charge in [-0.05, 0) is 49.8 Å². The van der Waals surface area contributed by atoms with Gasteiger partial charge in [0.25, 0.3) is 11.8 Å². The topological polar surface area (TPSA) is 89.5 Å². The fourth-order valence-corrected chi connectivity index (χ4v) is 3.68. The van der Waals surface area contributed by atoms with Crippen LogP contribution in [0.3, 0.4) is 0 Å². The Kier molecular flexibility index (Phi) is 3.56. The molecule has 1 fully saturated rings. The van der Waals surface area contributed by atoms with E-state index in [1.807, 2.05) is 0 Å². The Bertz CT molecular complexity index is 948. The number of rotatable bonds is 3. The molecule has 2 heterocycles. The number of fused-ring (bicyclic) bond motifs is 2. The SMILES string of the molecule is O=C(ON1C(=O)c2ccccc2C1=O)C1CCc2nc(C3CC3)ncc2C1. The predicted octanol–water partition coefficient (Wildman–Crippen LogP) is 2.21. The molecular weight excluding hydrogens is 346 g/mol. The van der Waals surface area contributed by atoms with Gasteiger partial charge in [0.1, 0.15) is 5.82 Å². The number of aryl methyl sites for hydroxylation is 1. The smallest absolute Gasteiger partial charge is 0.329 e. The molecule has 0 N–H and O–H groups in total. The molecule has 1 unspecified atom stereocenters. The van der Waals surface area contributed by atoms with Crippen LogP contribution in [0.4, 0.5) is 0 Å². The maximum Gasteiger partial charge on any atom is 0.336 e. The van der Waals surface area contributed by atoms with Gasteiger partial charge in [-0.1, -0.05) is 17.2 Å². The third-order valence-corrected chi connectivity index (χ3v) is 5.38. The van der Waals surface area contributed by atoms with Crippen LogP contribution in [-0.4, -0.2) is 32.8 Å². The third kappa shape index (κ3) is 2.70. The van der Waals surface area contributed by atoms with Gasteiger partial charge in [0.2, 0.25) is 0 Å². The Balaban J connectivity index is 1.30. The van der Waals surface area contributed by atoms with E-state index in [0.29, 0.717) is 30.2 Å². The fraction of sp³-hybridized carbons (Fsp3) is 0.350. The maximum absolute atomic E-state index is 12.6. The monoisotopic (exact) mass is 363 g/mol. The first-order valence-corrected chi connectivity index (χ1v) is 9.16. The van der Waals surface area contributed by atoms with E-state index < -0.39 is 23.7 Å². The number of carbonyl (C=O) groups is 3. The molecule has 2 aliphatic carbocycles. The molecule has 7 nitrogen and oxygen atoms in total. The second kappa shape index (κ2) is 5.97. The number of carbonyl (C=O) groups excluding carboxylic acids is 3. The minimum atomic E-state index is -0.599. The summed E-state index contributed by atoms with van der Waals surface area (Å²) in [6, 6.07) is 6.44. The van der Waals surface area contributed by atoms with Gasteiger partial charge < -0.3 is 4.84 Å². The largest absolute Gasteiger partial charge is 0.336 e. The van der Waals surface area contributed by atoms with Crippen molar-refractivity contribution in [2.24, 2.45) is 5.92 Å². The Morgan fingerprint density at radius 3 is 2.44 bits per heavy atom. The van der Waals surface area contributed by atoms with Crippen LogP contribution in [0.2, 0.25) is 0 Å². The highest BCUT2D eigenvalue weighted by molar-refractivity contribution is 6.20. The normalized spacial score (nSPS) is 21.0. The van der Waals surface area contributed by atoms with Crippen molar-refractivity contribution in [3.05, 3.63) is 58.7 Å². The molecule has 0 radical (unpaired) electrons. The second-order valence-corrected chi connectivity index (χ2v) is 7.27. The van der Waals surface area contributed by atoms with E-state index in [-0.39, 0.29) is 11.1 Å². The Labute approximate surface area is 155 Å². The van der Waals surface area contributed by atoms with Crippen LogP contribution >= 0.6 is 0 Å². The molecule has 3 aliphatic rings. The lowest BCUT2D eigenvalue weighted by atomic mass is 9.87. The molecule has 1 aromatic heterocycles. The van der Waals surface area contributed by atoms with Gasteiger partial charge in [-0.2, -0.15) is 0 Å². The summed E-state index contributed by atoms with van der Waals surface area (Å²) in [6.07, 6.45) is 5.80. The van der Waals surface area contributed by atoms with E-state index >= 15 is 0 Å². The van der Waals surface area contributed by atoms with Gasteiger partial charge in [0.15, 0.2) is 0 Å². The standard InChI is InChI=1S/C20H17N3O4/c24-18-14-3-1-2-4-15(14)19(25)23(18)27-20(26)12-7-8-16-13(9-12)10-21-17(22-16)11-5-6-11/h1-4,10-12H,5-9H2. The molecule has 1 aliphatic heterocycles. The summed E-state index contributed by atoms with van der Waals surface area (Å²) in [6.45, 7) is 0. The average molecular weight is 363 g/mol. The van der Waals surface area contributed by atoms with Crippen molar-refractivity contribution in [3.63, 3.8) is 0 Å². The zero-order valence-electron chi connectivity index (χ0n) is 14.6. The molecule has 0 saturated heterocycles. The molecule has 2 aromatic rings. The predicted molar refractivity (Wildman–Crippen MR) is 92.6 cm³/mol. The Hall–Kier alpha value is -3.09. The Morgan fingerprint density at radius 1 is 1.07 bits per heavy atom. The van der Waals surface area contributed by atoms with Crippen molar-refractivity contribution in [1.29, 1.82) is 0 Å². The van der Waals surface area contributed by atoms with Gasteiger partial charge in [-0.25, -0.2) is 14.8 Å². The number of aromatic nitrogens is 2. The van der Waals surface area contributed by atoms with E-state index in [1.165, 1.54) is 0 Å². The lowest BCUT2D eigenvalue weighted by Crippen LogP contribution is -2.36. The number of hydrogen-bond donors (Lipinski definition) is 0. The number of imide groups is 1. The van der Waals surface area contributed by atoms with Gasteiger partial charge >= 0.3 is 5.97 Å². The summed E-state index contributed by atoms with van der Waals surface area (Å²) in [4.78, 5) is 51.5. The zero-order valence-corrected chi connectivity index (χ0v) is 14.6. The van der Waals surface area contributed by atoms with Crippen molar-refractivity contribution >= 4 is 17.8 Å². The summed E-state index contributed by atoms with van der Waals surface area (Å²) in [7, 11) is 0. The molecule has 5 rings (SSSR count). The molecule has 0 bridgehead atoms. The van der Waals surface area contributed by atoms with Crippen LogP contribution in [0, 0.1) is 5.92 Å². The highest BCUT2D eigenvalue weighted by atomic mass is 16.7. The highest BCUT2D eigenvalue weighted by Gasteiger charge is 2.40. The molecule has 2 amide bonds. The minimum Gasteiger partial charge on any atom is -0.329 e. The first-order valence-electron chi connectivity index (χ1n) is 9.16. The zero-order chi connectivity index (χ0) is 18.5. The van der Waals surface area contributed by atoms with Crippen molar-refractivity contribution in [2.75, 3.05) is 0 Å². The van der Waals surface area contributed by atoms with Crippen molar-refractivity contribution in [2.45, 2.75) is 38.0 Å². The van der Waals surface area contributed by atoms with Crippen molar-refractivity contribution < 1.29 is 19.2 Å². The maximum atomic E-state index is 12.6. The lowest BCUT2D eigenvalue weighted by molar-refractivity contribution is -0.174. The molecule has 0 spiro atoms. The number of nitrogens with zero attached hydrogens (tertiary/aromatic N) is 3. The summed E-state index contributed by atoms with van der Waals surface area (Å²) in [5, 5.41) is 0.579. The van der Waals surface area contributed by atoms with E-state index in [0.717, 1.165) is 29.9 Å². The van der Waals surface area contributed by atoms with Gasteiger partial charge in [-0.3, -0.25) is 9.59 Å². The van der Waals surface area contributed by atoms with Crippen LogP contribution in [0.15, 0.2) is 30.5 Å². The van der Waals surface area contributed by atoms with Gasteiger partial charge in [-0.15, -0.1) is 0 Å². The Morgan fingerprint density at radius 2 is 1.78 bits per heavy atom. The summed E-state index contributed by atoms with van der Waals surface area (Å²) < 4.78 is 0. The number of hydroxylamine groups is 2. The third-order valence-electron chi connectivity index (χ3n) is 5.38. The van der Waals surface area contributed by atoms with Gasteiger partial charge in [0, 0.05) is 17.8 Å². The first kappa shape index (κ1) is 16.1. The summed E-state index contributed by atoms with van der Waals surface area (Å²) in [5.74, 6) is -0.790. The number of benzene rings is 1. The molecule has 27 heavy (non-hydrogen) atoms. The van der Waals surface area contributed by atoms with E-state index in [1.54, 1.807) is 30.5 Å². The van der Waals surface area contributed by atoms with Gasteiger partial charge in [0.05, 0.1) is 17.0 Å². The van der Waals surface area contributed by atoms with E-state index in [9.17, 15) is 14.4 Å².